The number of rotatable bonds is 4. The summed E-state index contributed by atoms with van der Waals surface area (Å²) in [7, 11) is 0. The summed E-state index contributed by atoms with van der Waals surface area (Å²) in [6, 6.07) is 0. The molecule has 1 saturated heterocycles. The first-order valence-corrected chi connectivity index (χ1v) is 5.89. The fourth-order valence-corrected chi connectivity index (χ4v) is 2.46. The van der Waals surface area contributed by atoms with E-state index in [2.05, 4.69) is 10.6 Å². The Morgan fingerprint density at radius 1 is 1.31 bits per heavy atom. The predicted octanol–water partition coefficient (Wildman–Crippen LogP) is -0.177. The zero-order valence-electron chi connectivity index (χ0n) is 9.24. The van der Waals surface area contributed by atoms with Crippen LogP contribution in [0.1, 0.15) is 19.3 Å². The molecule has 1 aliphatic heterocycles. The second-order valence-electron chi connectivity index (χ2n) is 4.74. The van der Waals surface area contributed by atoms with Gasteiger partial charge in [-0.1, -0.05) is 6.42 Å². The van der Waals surface area contributed by atoms with Crippen LogP contribution in [-0.4, -0.2) is 36.6 Å². The van der Waals surface area contributed by atoms with Crippen LogP contribution in [0.15, 0.2) is 0 Å². The first kappa shape index (κ1) is 11.4. The summed E-state index contributed by atoms with van der Waals surface area (Å²) >= 11 is 0. The first-order chi connectivity index (χ1) is 7.68. The molecule has 16 heavy (non-hydrogen) atoms. The Labute approximate surface area is 94.6 Å². The second-order valence-corrected chi connectivity index (χ2v) is 4.74. The zero-order chi connectivity index (χ0) is 11.5. The SMILES string of the molecule is O=C(NCC1CCCC1C(=O)O)C1CNC1. The zero-order valence-corrected chi connectivity index (χ0v) is 9.24. The summed E-state index contributed by atoms with van der Waals surface area (Å²) in [5.41, 5.74) is 0. The van der Waals surface area contributed by atoms with Crippen LogP contribution in [0.4, 0.5) is 0 Å². The van der Waals surface area contributed by atoms with E-state index in [-0.39, 0.29) is 23.7 Å². The van der Waals surface area contributed by atoms with E-state index in [0.717, 1.165) is 32.4 Å². The lowest BCUT2D eigenvalue weighted by Gasteiger charge is -2.27. The highest BCUT2D eigenvalue weighted by atomic mass is 16.4. The largest absolute Gasteiger partial charge is 0.481 e. The molecular weight excluding hydrogens is 208 g/mol. The summed E-state index contributed by atoms with van der Waals surface area (Å²) in [5, 5.41) is 14.9. The Hall–Kier alpha value is -1.10. The van der Waals surface area contributed by atoms with E-state index >= 15 is 0 Å². The van der Waals surface area contributed by atoms with Crippen molar-refractivity contribution in [2.75, 3.05) is 19.6 Å². The fourth-order valence-electron chi connectivity index (χ4n) is 2.46. The highest BCUT2D eigenvalue weighted by molar-refractivity contribution is 5.80. The van der Waals surface area contributed by atoms with Gasteiger partial charge in [-0.05, 0) is 18.8 Å². The van der Waals surface area contributed by atoms with E-state index in [9.17, 15) is 9.59 Å². The Morgan fingerprint density at radius 2 is 2.06 bits per heavy atom. The van der Waals surface area contributed by atoms with Crippen LogP contribution in [0.2, 0.25) is 0 Å². The van der Waals surface area contributed by atoms with Gasteiger partial charge in [0.15, 0.2) is 0 Å². The number of nitrogens with one attached hydrogen (secondary N) is 2. The molecule has 2 unspecified atom stereocenters. The molecule has 2 fully saturated rings. The van der Waals surface area contributed by atoms with Crippen molar-refractivity contribution in [2.24, 2.45) is 17.8 Å². The Kier molecular flexibility index (Phi) is 3.43. The van der Waals surface area contributed by atoms with Crippen LogP contribution in [-0.2, 0) is 9.59 Å². The molecular formula is C11H18N2O3. The smallest absolute Gasteiger partial charge is 0.306 e. The molecule has 3 N–H and O–H groups in total. The summed E-state index contributed by atoms with van der Waals surface area (Å²) in [5.74, 6) is -0.712. The second kappa shape index (κ2) is 4.82. The van der Waals surface area contributed by atoms with Crippen LogP contribution in [0.3, 0.4) is 0 Å². The van der Waals surface area contributed by atoms with Gasteiger partial charge in [0.1, 0.15) is 0 Å². The van der Waals surface area contributed by atoms with Gasteiger partial charge in [-0.3, -0.25) is 9.59 Å². The Morgan fingerprint density at radius 3 is 2.62 bits per heavy atom. The van der Waals surface area contributed by atoms with Gasteiger partial charge in [0, 0.05) is 19.6 Å². The summed E-state index contributed by atoms with van der Waals surface area (Å²) in [6.45, 7) is 2.02. The highest BCUT2D eigenvalue weighted by Gasteiger charge is 2.33. The molecule has 1 amide bonds. The minimum Gasteiger partial charge on any atom is -0.481 e. The van der Waals surface area contributed by atoms with Crippen molar-refractivity contribution >= 4 is 11.9 Å². The number of carboxylic acid groups (broad SMARTS) is 1. The Bertz CT molecular complexity index is 289. The van der Waals surface area contributed by atoms with Crippen molar-refractivity contribution < 1.29 is 14.7 Å². The molecule has 5 heteroatoms. The minimum atomic E-state index is -0.720. The van der Waals surface area contributed by atoms with Gasteiger partial charge in [-0.25, -0.2) is 0 Å². The van der Waals surface area contributed by atoms with E-state index in [0.29, 0.717) is 6.54 Å². The third-order valence-electron chi connectivity index (χ3n) is 3.67. The van der Waals surface area contributed by atoms with E-state index < -0.39 is 5.97 Å². The average Bonchev–Trinajstić information content (AvgIpc) is 2.59. The van der Waals surface area contributed by atoms with E-state index in [1.165, 1.54) is 0 Å². The normalized spacial score (nSPS) is 29.8. The molecule has 1 aliphatic carbocycles. The molecule has 1 saturated carbocycles. The molecule has 0 aromatic carbocycles. The van der Waals surface area contributed by atoms with Crippen molar-refractivity contribution in [1.29, 1.82) is 0 Å². The number of carbonyl (C=O) groups is 2. The fraction of sp³-hybridized carbons (Fsp3) is 0.818. The van der Waals surface area contributed by atoms with Crippen molar-refractivity contribution in [1.82, 2.24) is 10.6 Å². The lowest BCUT2D eigenvalue weighted by Crippen LogP contribution is -2.51. The topological polar surface area (TPSA) is 78.4 Å². The molecule has 5 nitrogen and oxygen atoms in total. The molecule has 90 valence electrons. The Balaban J connectivity index is 1.76. The number of carbonyl (C=O) groups excluding carboxylic acids is 1. The van der Waals surface area contributed by atoms with Gasteiger partial charge < -0.3 is 15.7 Å². The number of carboxylic acids is 1. The third kappa shape index (κ3) is 2.35. The minimum absolute atomic E-state index is 0.0646. The molecule has 0 spiro atoms. The van der Waals surface area contributed by atoms with Crippen molar-refractivity contribution in [3.05, 3.63) is 0 Å². The van der Waals surface area contributed by atoms with Crippen LogP contribution < -0.4 is 10.6 Å². The van der Waals surface area contributed by atoms with Gasteiger partial charge in [-0.2, -0.15) is 0 Å². The van der Waals surface area contributed by atoms with Crippen LogP contribution >= 0.6 is 0 Å². The van der Waals surface area contributed by atoms with Gasteiger partial charge >= 0.3 is 5.97 Å². The molecule has 0 aromatic rings. The van der Waals surface area contributed by atoms with Crippen LogP contribution in [0.25, 0.3) is 0 Å². The maximum absolute atomic E-state index is 11.6. The van der Waals surface area contributed by atoms with E-state index in [1.54, 1.807) is 0 Å². The van der Waals surface area contributed by atoms with Gasteiger partial charge in [0.2, 0.25) is 5.91 Å². The standard InChI is InChI=1S/C11H18N2O3/c14-10(8-4-12-5-8)13-6-7-2-1-3-9(7)11(15)16/h7-9,12H,1-6H2,(H,13,14)(H,15,16). The molecule has 2 rings (SSSR count). The number of aliphatic carboxylic acids is 1. The first-order valence-electron chi connectivity index (χ1n) is 5.89. The molecule has 2 atom stereocenters. The highest BCUT2D eigenvalue weighted by Crippen LogP contribution is 2.31. The maximum Gasteiger partial charge on any atom is 0.306 e. The molecule has 1 heterocycles. The predicted molar refractivity (Wildman–Crippen MR) is 57.8 cm³/mol. The van der Waals surface area contributed by atoms with Gasteiger partial charge in [-0.15, -0.1) is 0 Å². The van der Waals surface area contributed by atoms with Crippen molar-refractivity contribution in [2.45, 2.75) is 19.3 Å². The lowest BCUT2D eigenvalue weighted by molar-refractivity contribution is -0.143. The van der Waals surface area contributed by atoms with Crippen molar-refractivity contribution in [3.63, 3.8) is 0 Å². The van der Waals surface area contributed by atoms with E-state index in [4.69, 9.17) is 5.11 Å². The average molecular weight is 226 g/mol. The molecule has 2 aliphatic rings. The van der Waals surface area contributed by atoms with Crippen molar-refractivity contribution in [3.8, 4) is 0 Å². The molecule has 0 bridgehead atoms. The number of hydrogen-bond donors (Lipinski definition) is 3. The third-order valence-corrected chi connectivity index (χ3v) is 3.67. The summed E-state index contributed by atoms with van der Waals surface area (Å²) < 4.78 is 0. The summed E-state index contributed by atoms with van der Waals surface area (Å²) in [4.78, 5) is 22.5. The lowest BCUT2D eigenvalue weighted by atomic mass is 9.95. The molecule has 0 aromatic heterocycles. The quantitative estimate of drug-likeness (QED) is 0.621. The molecule has 0 radical (unpaired) electrons. The van der Waals surface area contributed by atoms with E-state index in [1.807, 2.05) is 0 Å². The van der Waals surface area contributed by atoms with Crippen LogP contribution in [0, 0.1) is 17.8 Å². The number of hydrogen-bond acceptors (Lipinski definition) is 3. The van der Waals surface area contributed by atoms with Crippen LogP contribution in [0.5, 0.6) is 0 Å². The number of amides is 1. The van der Waals surface area contributed by atoms with Gasteiger partial charge in [0.05, 0.1) is 11.8 Å². The summed E-state index contributed by atoms with van der Waals surface area (Å²) in [6.07, 6.45) is 2.63. The maximum atomic E-state index is 11.6. The van der Waals surface area contributed by atoms with Gasteiger partial charge in [0.25, 0.3) is 0 Å². The monoisotopic (exact) mass is 226 g/mol.